The Morgan fingerprint density at radius 2 is 1.90 bits per heavy atom. The maximum Gasteiger partial charge on any atom is 0.163 e. The van der Waals surface area contributed by atoms with Crippen LogP contribution in [0.5, 0.6) is 17.2 Å². The number of rotatable bonds is 8. The van der Waals surface area contributed by atoms with Crippen molar-refractivity contribution in [3.63, 3.8) is 0 Å². The Morgan fingerprint density at radius 3 is 2.63 bits per heavy atom. The molecule has 1 aliphatic carbocycles. The fraction of sp³-hybridized carbons (Fsp3) is 0.440. The van der Waals surface area contributed by atoms with Crippen LogP contribution in [0, 0.1) is 0 Å². The van der Waals surface area contributed by atoms with E-state index in [2.05, 4.69) is 41.1 Å². The van der Waals surface area contributed by atoms with E-state index in [1.165, 1.54) is 30.4 Å². The normalized spacial score (nSPS) is 19.5. The second-order valence-electron chi connectivity index (χ2n) is 8.09. The summed E-state index contributed by atoms with van der Waals surface area (Å²) in [6, 6.07) is 15.0. The van der Waals surface area contributed by atoms with Gasteiger partial charge in [-0.2, -0.15) is 0 Å². The summed E-state index contributed by atoms with van der Waals surface area (Å²) < 4.78 is 17.2. The van der Waals surface area contributed by atoms with Crippen molar-refractivity contribution in [1.82, 2.24) is 5.32 Å². The quantitative estimate of drug-likeness (QED) is 0.649. The van der Waals surface area contributed by atoms with Crippen LogP contribution in [0.2, 0.25) is 0 Å². The molecule has 1 N–H and O–H groups in total. The van der Waals surface area contributed by atoms with E-state index < -0.39 is 0 Å². The fourth-order valence-electron chi connectivity index (χ4n) is 4.42. The van der Waals surface area contributed by atoms with Crippen LogP contribution in [0.15, 0.2) is 55.3 Å². The van der Waals surface area contributed by atoms with Gasteiger partial charge >= 0.3 is 0 Å². The molecule has 1 saturated heterocycles. The average molecular weight is 409 g/mol. The SMILES string of the molecule is C=COc1ccc(C[C@H]2CN(c3ccc(OC)c(OC4CCCC4)c3)CCN2)cc1. The minimum Gasteiger partial charge on any atom is -0.493 e. The van der Waals surface area contributed by atoms with E-state index in [-0.39, 0.29) is 0 Å². The molecule has 2 aliphatic rings. The summed E-state index contributed by atoms with van der Waals surface area (Å²) in [4.78, 5) is 2.44. The van der Waals surface area contributed by atoms with Crippen LogP contribution < -0.4 is 24.4 Å². The molecular formula is C25H32N2O3. The number of benzene rings is 2. The van der Waals surface area contributed by atoms with Gasteiger partial charge < -0.3 is 24.4 Å². The molecule has 2 aromatic carbocycles. The molecule has 2 aromatic rings. The molecule has 1 heterocycles. The topological polar surface area (TPSA) is 43.0 Å². The zero-order valence-electron chi connectivity index (χ0n) is 17.8. The molecule has 5 heteroatoms. The van der Waals surface area contributed by atoms with Crippen molar-refractivity contribution in [3.05, 3.63) is 60.9 Å². The summed E-state index contributed by atoms with van der Waals surface area (Å²) >= 11 is 0. The number of nitrogens with one attached hydrogen (secondary N) is 1. The van der Waals surface area contributed by atoms with E-state index >= 15 is 0 Å². The average Bonchev–Trinajstić information content (AvgIpc) is 3.29. The van der Waals surface area contributed by atoms with E-state index in [1.54, 1.807) is 7.11 Å². The molecule has 0 spiro atoms. The Hall–Kier alpha value is -2.66. The molecule has 0 bridgehead atoms. The first kappa shape index (κ1) is 20.6. The van der Waals surface area contributed by atoms with Crippen molar-refractivity contribution in [2.24, 2.45) is 0 Å². The second-order valence-corrected chi connectivity index (χ2v) is 8.09. The highest BCUT2D eigenvalue weighted by Crippen LogP contribution is 2.35. The van der Waals surface area contributed by atoms with Crippen molar-refractivity contribution in [1.29, 1.82) is 0 Å². The molecule has 0 radical (unpaired) electrons. The number of anilines is 1. The Kier molecular flexibility index (Phi) is 6.80. The molecule has 2 fully saturated rings. The molecule has 30 heavy (non-hydrogen) atoms. The zero-order chi connectivity index (χ0) is 20.8. The molecule has 1 aliphatic heterocycles. The maximum absolute atomic E-state index is 6.30. The number of ether oxygens (including phenoxy) is 3. The first-order chi connectivity index (χ1) is 14.7. The highest BCUT2D eigenvalue weighted by molar-refractivity contribution is 5.57. The highest BCUT2D eigenvalue weighted by Gasteiger charge is 2.23. The third kappa shape index (κ3) is 5.08. The molecule has 0 unspecified atom stereocenters. The van der Waals surface area contributed by atoms with Gasteiger partial charge in [-0.15, -0.1) is 0 Å². The fourth-order valence-corrected chi connectivity index (χ4v) is 4.42. The Morgan fingerprint density at radius 1 is 1.10 bits per heavy atom. The molecule has 0 aromatic heterocycles. The lowest BCUT2D eigenvalue weighted by Gasteiger charge is -2.35. The first-order valence-electron chi connectivity index (χ1n) is 10.9. The number of methoxy groups -OCH3 is 1. The molecule has 4 rings (SSSR count). The van der Waals surface area contributed by atoms with Crippen molar-refractivity contribution in [2.75, 3.05) is 31.6 Å². The van der Waals surface area contributed by atoms with Crippen LogP contribution in [-0.4, -0.2) is 38.9 Å². The van der Waals surface area contributed by atoms with Crippen LogP contribution in [0.1, 0.15) is 31.2 Å². The molecule has 0 amide bonds. The van der Waals surface area contributed by atoms with Gasteiger partial charge in [-0.3, -0.25) is 0 Å². The standard InChI is InChI=1S/C25H32N2O3/c1-3-29-22-11-8-19(9-12-22)16-20-18-27(15-14-26-20)21-10-13-24(28-2)25(17-21)30-23-6-4-5-7-23/h3,8-13,17,20,23,26H,1,4-7,14-16,18H2,2H3/t20-/m0/s1. The predicted molar refractivity (Wildman–Crippen MR) is 121 cm³/mol. The molecule has 5 nitrogen and oxygen atoms in total. The van der Waals surface area contributed by atoms with Crippen molar-refractivity contribution < 1.29 is 14.2 Å². The minimum absolute atomic E-state index is 0.318. The lowest BCUT2D eigenvalue weighted by Crippen LogP contribution is -2.51. The minimum atomic E-state index is 0.318. The zero-order valence-corrected chi connectivity index (χ0v) is 17.8. The van der Waals surface area contributed by atoms with Crippen LogP contribution in [0.4, 0.5) is 5.69 Å². The summed E-state index contributed by atoms with van der Waals surface area (Å²) in [6.45, 7) is 6.51. The van der Waals surface area contributed by atoms with Gasteiger partial charge in [-0.25, -0.2) is 0 Å². The maximum atomic E-state index is 6.30. The Labute approximate surface area is 179 Å². The highest BCUT2D eigenvalue weighted by atomic mass is 16.5. The van der Waals surface area contributed by atoms with Crippen molar-refractivity contribution >= 4 is 5.69 Å². The third-order valence-corrected chi connectivity index (χ3v) is 5.99. The van der Waals surface area contributed by atoms with Gasteiger partial charge in [0.2, 0.25) is 0 Å². The molecule has 1 saturated carbocycles. The lowest BCUT2D eigenvalue weighted by molar-refractivity contribution is 0.201. The summed E-state index contributed by atoms with van der Waals surface area (Å²) in [7, 11) is 1.71. The summed E-state index contributed by atoms with van der Waals surface area (Å²) in [6.07, 6.45) is 7.54. The van der Waals surface area contributed by atoms with E-state index in [0.29, 0.717) is 12.1 Å². The van der Waals surface area contributed by atoms with E-state index in [1.807, 2.05) is 18.2 Å². The predicted octanol–water partition coefficient (Wildman–Crippen LogP) is 4.56. The summed E-state index contributed by atoms with van der Waals surface area (Å²) in [5.74, 6) is 2.51. The van der Waals surface area contributed by atoms with Crippen LogP contribution in [0.25, 0.3) is 0 Å². The molecule has 160 valence electrons. The number of hydrogen-bond acceptors (Lipinski definition) is 5. The van der Waals surface area contributed by atoms with Crippen molar-refractivity contribution in [3.8, 4) is 17.2 Å². The van der Waals surface area contributed by atoms with E-state index in [9.17, 15) is 0 Å². The first-order valence-corrected chi connectivity index (χ1v) is 10.9. The Balaban J connectivity index is 1.42. The smallest absolute Gasteiger partial charge is 0.163 e. The molecule has 1 atom stereocenters. The van der Waals surface area contributed by atoms with Gasteiger partial charge in [0.25, 0.3) is 0 Å². The van der Waals surface area contributed by atoms with Gasteiger partial charge in [0.15, 0.2) is 11.5 Å². The van der Waals surface area contributed by atoms with E-state index in [4.69, 9.17) is 14.2 Å². The lowest BCUT2D eigenvalue weighted by atomic mass is 10.0. The van der Waals surface area contributed by atoms with Gasteiger partial charge in [-0.05, 0) is 61.9 Å². The van der Waals surface area contributed by atoms with Gasteiger partial charge in [0.1, 0.15) is 5.75 Å². The van der Waals surface area contributed by atoms with Crippen LogP contribution >= 0.6 is 0 Å². The van der Waals surface area contributed by atoms with E-state index in [0.717, 1.165) is 56.1 Å². The number of piperazine rings is 1. The second kappa shape index (κ2) is 9.90. The van der Waals surface area contributed by atoms with Gasteiger partial charge in [0.05, 0.1) is 19.5 Å². The van der Waals surface area contributed by atoms with Crippen LogP contribution in [0.3, 0.4) is 0 Å². The monoisotopic (exact) mass is 408 g/mol. The van der Waals surface area contributed by atoms with Crippen molar-refractivity contribution in [2.45, 2.75) is 44.2 Å². The van der Waals surface area contributed by atoms with Gasteiger partial charge in [0, 0.05) is 37.4 Å². The largest absolute Gasteiger partial charge is 0.493 e. The van der Waals surface area contributed by atoms with Gasteiger partial charge in [-0.1, -0.05) is 18.7 Å². The summed E-state index contributed by atoms with van der Waals surface area (Å²) in [5.41, 5.74) is 2.50. The summed E-state index contributed by atoms with van der Waals surface area (Å²) in [5, 5.41) is 3.66. The Bertz CT molecular complexity index is 831. The molecular weight excluding hydrogens is 376 g/mol. The van der Waals surface area contributed by atoms with Crippen LogP contribution in [-0.2, 0) is 6.42 Å². The number of nitrogens with zero attached hydrogens (tertiary/aromatic N) is 1. The number of hydrogen-bond donors (Lipinski definition) is 1. The third-order valence-electron chi connectivity index (χ3n) is 5.99.